The first kappa shape index (κ1) is 19.8. The summed E-state index contributed by atoms with van der Waals surface area (Å²) in [4.78, 5) is 27.2. The first-order valence-electron chi connectivity index (χ1n) is 9.43. The van der Waals surface area contributed by atoms with E-state index in [9.17, 15) is 9.59 Å². The van der Waals surface area contributed by atoms with Gasteiger partial charge in [-0.2, -0.15) is 9.78 Å². The van der Waals surface area contributed by atoms with E-state index >= 15 is 0 Å². The standard InChI is InChI=1S/C22H26N4O2/c1-22(2,15-25(3)4)14-23-20(27)19-17-12-8-9-13-18(17)21(28)26(24-19)16-10-6-5-7-11-16/h5-13H,14-15H2,1-4H3,(H,23,27)/p+1. The minimum absolute atomic E-state index is 0.0574. The van der Waals surface area contributed by atoms with E-state index in [1.54, 1.807) is 30.3 Å². The Labute approximate surface area is 164 Å². The fourth-order valence-electron chi connectivity index (χ4n) is 3.52. The summed E-state index contributed by atoms with van der Waals surface area (Å²) in [5.74, 6) is -0.275. The van der Waals surface area contributed by atoms with Crippen LogP contribution in [0.3, 0.4) is 0 Å². The van der Waals surface area contributed by atoms with Crippen LogP contribution in [0, 0.1) is 5.41 Å². The van der Waals surface area contributed by atoms with Crippen LogP contribution in [0.1, 0.15) is 24.3 Å². The molecule has 0 aliphatic rings. The first-order valence-corrected chi connectivity index (χ1v) is 9.43. The number of carbonyl (C=O) groups is 1. The molecule has 1 amide bonds. The lowest BCUT2D eigenvalue weighted by molar-refractivity contribution is -0.865. The van der Waals surface area contributed by atoms with Gasteiger partial charge < -0.3 is 10.2 Å². The van der Waals surface area contributed by atoms with Gasteiger partial charge in [0, 0.05) is 17.3 Å². The number of para-hydroxylation sites is 1. The molecule has 0 radical (unpaired) electrons. The SMILES string of the molecule is C[NH+](C)CC(C)(C)CNC(=O)c1nn(-c2ccccc2)c(=O)c2ccccc12. The average Bonchev–Trinajstić information content (AvgIpc) is 2.66. The van der Waals surface area contributed by atoms with E-state index in [2.05, 4.69) is 38.4 Å². The molecule has 0 aliphatic carbocycles. The summed E-state index contributed by atoms with van der Waals surface area (Å²) in [6, 6.07) is 16.3. The second-order valence-corrected chi connectivity index (χ2v) is 8.18. The molecule has 0 unspecified atom stereocenters. The van der Waals surface area contributed by atoms with Crippen molar-refractivity contribution < 1.29 is 9.69 Å². The smallest absolute Gasteiger partial charge is 0.279 e. The zero-order valence-corrected chi connectivity index (χ0v) is 16.8. The van der Waals surface area contributed by atoms with Crippen molar-refractivity contribution >= 4 is 16.7 Å². The number of hydrogen-bond donors (Lipinski definition) is 2. The molecular formula is C22H27N4O2+. The summed E-state index contributed by atoms with van der Waals surface area (Å²) < 4.78 is 1.30. The van der Waals surface area contributed by atoms with E-state index in [4.69, 9.17) is 0 Å². The Bertz CT molecular complexity index is 1040. The second-order valence-electron chi connectivity index (χ2n) is 8.18. The van der Waals surface area contributed by atoms with Gasteiger partial charge in [0.15, 0.2) is 5.69 Å². The Morgan fingerprint density at radius 2 is 1.64 bits per heavy atom. The van der Waals surface area contributed by atoms with Crippen LogP contribution in [0.15, 0.2) is 59.4 Å². The molecule has 0 spiro atoms. The molecule has 0 saturated heterocycles. The Kier molecular flexibility index (Phi) is 5.61. The molecule has 0 fully saturated rings. The fourth-order valence-corrected chi connectivity index (χ4v) is 3.52. The van der Waals surface area contributed by atoms with E-state index in [1.165, 1.54) is 9.58 Å². The van der Waals surface area contributed by atoms with E-state index in [0.717, 1.165) is 6.54 Å². The van der Waals surface area contributed by atoms with Crippen LogP contribution in [0.4, 0.5) is 0 Å². The molecule has 0 saturated carbocycles. The predicted molar refractivity (Wildman–Crippen MR) is 111 cm³/mol. The predicted octanol–water partition coefficient (Wildman–Crippen LogP) is 1.29. The minimum atomic E-state index is -0.275. The lowest BCUT2D eigenvalue weighted by Crippen LogP contribution is -3.07. The van der Waals surface area contributed by atoms with Gasteiger partial charge in [-0.3, -0.25) is 9.59 Å². The Balaban J connectivity index is 2.02. The Hall–Kier alpha value is -2.99. The maximum atomic E-state index is 13.0. The topological polar surface area (TPSA) is 68.4 Å². The van der Waals surface area contributed by atoms with Crippen molar-refractivity contribution in [3.8, 4) is 5.69 Å². The van der Waals surface area contributed by atoms with E-state index in [1.807, 2.05) is 24.3 Å². The number of fused-ring (bicyclic) bond motifs is 1. The van der Waals surface area contributed by atoms with Gasteiger partial charge in [0.25, 0.3) is 11.5 Å². The van der Waals surface area contributed by atoms with Gasteiger partial charge in [0.1, 0.15) is 0 Å². The maximum Gasteiger partial charge on any atom is 0.279 e. The van der Waals surface area contributed by atoms with Crippen molar-refractivity contribution in [2.75, 3.05) is 27.2 Å². The number of carbonyl (C=O) groups excluding carboxylic acids is 1. The van der Waals surface area contributed by atoms with Crippen LogP contribution in [0.2, 0.25) is 0 Å². The zero-order chi connectivity index (χ0) is 20.3. The number of quaternary nitrogens is 1. The summed E-state index contributed by atoms with van der Waals surface area (Å²) in [5, 5.41) is 8.46. The number of aromatic nitrogens is 2. The van der Waals surface area contributed by atoms with Crippen molar-refractivity contribution in [1.82, 2.24) is 15.1 Å². The third-order valence-electron chi connectivity index (χ3n) is 4.58. The number of rotatable bonds is 6. The van der Waals surface area contributed by atoms with Crippen LogP contribution >= 0.6 is 0 Å². The molecular weight excluding hydrogens is 352 g/mol. The van der Waals surface area contributed by atoms with Crippen LogP contribution in [0.5, 0.6) is 0 Å². The van der Waals surface area contributed by atoms with E-state index in [0.29, 0.717) is 23.0 Å². The molecule has 2 N–H and O–H groups in total. The third kappa shape index (κ3) is 4.28. The summed E-state index contributed by atoms with van der Waals surface area (Å²) >= 11 is 0. The highest BCUT2D eigenvalue weighted by Crippen LogP contribution is 2.16. The average molecular weight is 379 g/mol. The lowest BCUT2D eigenvalue weighted by Gasteiger charge is -2.26. The summed E-state index contributed by atoms with van der Waals surface area (Å²) in [6.07, 6.45) is 0. The molecule has 0 bridgehead atoms. The highest BCUT2D eigenvalue weighted by molar-refractivity contribution is 6.04. The number of benzene rings is 2. The largest absolute Gasteiger partial charge is 0.350 e. The highest BCUT2D eigenvalue weighted by Gasteiger charge is 2.24. The molecule has 2 aromatic carbocycles. The molecule has 0 atom stereocenters. The molecule has 1 aromatic heterocycles. The first-order chi connectivity index (χ1) is 13.3. The van der Waals surface area contributed by atoms with Crippen molar-refractivity contribution in [1.29, 1.82) is 0 Å². The summed E-state index contributed by atoms with van der Waals surface area (Å²) in [5.41, 5.74) is 0.587. The zero-order valence-electron chi connectivity index (χ0n) is 16.8. The minimum Gasteiger partial charge on any atom is -0.350 e. The highest BCUT2D eigenvalue weighted by atomic mass is 16.2. The van der Waals surface area contributed by atoms with Crippen molar-refractivity contribution in [2.45, 2.75) is 13.8 Å². The van der Waals surface area contributed by atoms with Gasteiger partial charge in [0.05, 0.1) is 31.7 Å². The van der Waals surface area contributed by atoms with Gasteiger partial charge in [-0.25, -0.2) is 0 Å². The van der Waals surface area contributed by atoms with Crippen molar-refractivity contribution in [3.05, 3.63) is 70.6 Å². The molecule has 3 aromatic rings. The number of hydrogen-bond acceptors (Lipinski definition) is 3. The van der Waals surface area contributed by atoms with Gasteiger partial charge >= 0.3 is 0 Å². The molecule has 146 valence electrons. The molecule has 3 rings (SSSR count). The van der Waals surface area contributed by atoms with Crippen LogP contribution in [0.25, 0.3) is 16.5 Å². The molecule has 1 heterocycles. The third-order valence-corrected chi connectivity index (χ3v) is 4.58. The molecule has 0 aliphatic heterocycles. The second kappa shape index (κ2) is 7.94. The van der Waals surface area contributed by atoms with Gasteiger partial charge in [-0.05, 0) is 18.2 Å². The maximum absolute atomic E-state index is 13.0. The van der Waals surface area contributed by atoms with Crippen molar-refractivity contribution in [3.63, 3.8) is 0 Å². The monoisotopic (exact) mass is 379 g/mol. The number of amides is 1. The molecule has 6 nitrogen and oxygen atoms in total. The Morgan fingerprint density at radius 1 is 1.04 bits per heavy atom. The lowest BCUT2D eigenvalue weighted by atomic mass is 9.93. The fraction of sp³-hybridized carbons (Fsp3) is 0.318. The van der Waals surface area contributed by atoms with Crippen molar-refractivity contribution in [2.24, 2.45) is 5.41 Å². The van der Waals surface area contributed by atoms with Gasteiger partial charge in [0.2, 0.25) is 0 Å². The van der Waals surface area contributed by atoms with Crippen LogP contribution in [-0.2, 0) is 0 Å². The number of nitrogens with zero attached hydrogens (tertiary/aromatic N) is 2. The summed E-state index contributed by atoms with van der Waals surface area (Å²) in [6.45, 7) is 5.69. The van der Waals surface area contributed by atoms with Gasteiger partial charge in [-0.1, -0.05) is 50.2 Å². The quantitative estimate of drug-likeness (QED) is 0.678. The van der Waals surface area contributed by atoms with E-state index in [-0.39, 0.29) is 22.6 Å². The van der Waals surface area contributed by atoms with E-state index < -0.39 is 0 Å². The Morgan fingerprint density at radius 3 is 2.29 bits per heavy atom. The normalized spacial score (nSPS) is 11.8. The summed E-state index contributed by atoms with van der Waals surface area (Å²) in [7, 11) is 4.18. The molecule has 6 heteroatoms. The molecule has 28 heavy (non-hydrogen) atoms. The van der Waals surface area contributed by atoms with Gasteiger partial charge in [-0.15, -0.1) is 0 Å². The van der Waals surface area contributed by atoms with Crippen LogP contribution < -0.4 is 15.8 Å². The number of nitrogens with one attached hydrogen (secondary N) is 2. The van der Waals surface area contributed by atoms with Crippen LogP contribution in [-0.4, -0.2) is 42.9 Å².